The van der Waals surface area contributed by atoms with E-state index in [-0.39, 0.29) is 5.41 Å². The van der Waals surface area contributed by atoms with Crippen molar-refractivity contribution in [2.45, 2.75) is 161 Å². The van der Waals surface area contributed by atoms with Crippen molar-refractivity contribution in [2.24, 2.45) is 0 Å². The Morgan fingerprint density at radius 1 is 0.323 bits per heavy atom. The third-order valence-electron chi connectivity index (χ3n) is 15.1. The molecule has 0 nitrogen and oxygen atoms in total. The average Bonchev–Trinajstić information content (AvgIpc) is 3.75. The molecule has 0 aromatic heterocycles. The summed E-state index contributed by atoms with van der Waals surface area (Å²) in [5.74, 6) is 0. The molecule has 0 spiro atoms. The lowest BCUT2D eigenvalue weighted by Gasteiger charge is -2.33. The van der Waals surface area contributed by atoms with E-state index in [0.717, 1.165) is 0 Å². The van der Waals surface area contributed by atoms with E-state index in [9.17, 15) is 0 Å². The van der Waals surface area contributed by atoms with E-state index in [1.165, 1.54) is 183 Å². The molecule has 0 unspecified atom stereocenters. The van der Waals surface area contributed by atoms with E-state index in [2.05, 4.69) is 161 Å². The maximum atomic E-state index is 2.74. The van der Waals surface area contributed by atoms with Crippen molar-refractivity contribution in [2.75, 3.05) is 0 Å². The van der Waals surface area contributed by atoms with Crippen LogP contribution in [0.5, 0.6) is 0 Å². The smallest absolute Gasteiger partial charge is 0.0654 e. The molecule has 62 heavy (non-hydrogen) atoms. The Bertz CT molecular complexity index is 2170. The molecule has 0 atom stereocenters. The number of hydrogen-bond donors (Lipinski definition) is 0. The summed E-state index contributed by atoms with van der Waals surface area (Å²) in [7, 11) is -2.09. The molecule has 1 heteroatoms. The highest BCUT2D eigenvalue weighted by Crippen LogP contribution is 2.56. The van der Waals surface area contributed by atoms with Gasteiger partial charge in [0, 0.05) is 5.41 Å². The molecule has 0 saturated heterocycles. The fourth-order valence-electron chi connectivity index (χ4n) is 11.7. The summed E-state index contributed by atoms with van der Waals surface area (Å²) in [5, 5.41) is 3.45. The average molecular weight is 835 g/mol. The van der Waals surface area contributed by atoms with Gasteiger partial charge in [-0.05, 0) is 114 Å². The molecular weight excluding hydrogens is 761 g/mol. The van der Waals surface area contributed by atoms with Gasteiger partial charge < -0.3 is 0 Å². The summed E-state index contributed by atoms with van der Waals surface area (Å²) in [4.78, 5) is 0. The van der Waals surface area contributed by atoms with E-state index in [0.29, 0.717) is 0 Å². The minimum Gasteiger partial charge on any atom is -0.0654 e. The lowest BCUT2D eigenvalue weighted by Crippen LogP contribution is -2.55. The van der Waals surface area contributed by atoms with Crippen molar-refractivity contribution in [3.8, 4) is 55.6 Å². The molecule has 2 aliphatic rings. The van der Waals surface area contributed by atoms with Crippen LogP contribution in [-0.2, 0) is 5.41 Å². The van der Waals surface area contributed by atoms with Crippen molar-refractivity contribution in [3.63, 3.8) is 0 Å². The first-order chi connectivity index (χ1) is 30.6. The van der Waals surface area contributed by atoms with Crippen molar-refractivity contribution in [1.82, 2.24) is 0 Å². The Hall–Kier alpha value is -4.46. The van der Waals surface area contributed by atoms with Crippen LogP contribution in [0.15, 0.2) is 133 Å². The minimum atomic E-state index is -2.09. The second kappa shape index (κ2) is 20.8. The summed E-state index contributed by atoms with van der Waals surface area (Å²) in [6.45, 7) is 9.42. The van der Waals surface area contributed by atoms with Crippen molar-refractivity contribution < 1.29 is 0 Å². The largest absolute Gasteiger partial charge is 0.119 e. The highest BCUT2D eigenvalue weighted by Gasteiger charge is 2.46. The van der Waals surface area contributed by atoms with Crippen LogP contribution >= 0.6 is 0 Å². The van der Waals surface area contributed by atoms with Gasteiger partial charge in [-0.25, -0.2) is 0 Å². The zero-order valence-electron chi connectivity index (χ0n) is 38.8. The van der Waals surface area contributed by atoms with Gasteiger partial charge >= 0.3 is 0 Å². The molecule has 0 radical (unpaired) electrons. The highest BCUT2D eigenvalue weighted by atomic mass is 28.3. The van der Waals surface area contributed by atoms with Crippen LogP contribution in [0.1, 0.15) is 154 Å². The first-order valence-corrected chi connectivity index (χ1v) is 27.7. The van der Waals surface area contributed by atoms with Gasteiger partial charge in [0.2, 0.25) is 0 Å². The fourth-order valence-corrected chi connectivity index (χ4v) is 17.4. The van der Waals surface area contributed by atoms with Gasteiger partial charge in [-0.2, -0.15) is 0 Å². The zero-order chi connectivity index (χ0) is 42.8. The predicted octanol–water partition coefficient (Wildman–Crippen LogP) is 17.6. The van der Waals surface area contributed by atoms with Gasteiger partial charge in [0.05, 0.1) is 0 Å². The first kappa shape index (κ1) is 44.2. The summed E-state index contributed by atoms with van der Waals surface area (Å²) >= 11 is 0. The van der Waals surface area contributed by atoms with Crippen molar-refractivity contribution in [3.05, 3.63) is 145 Å². The Morgan fingerprint density at radius 2 is 0.677 bits per heavy atom. The number of unbranched alkanes of at least 4 members (excludes halogenated alkanes) is 12. The zero-order valence-corrected chi connectivity index (χ0v) is 39.8. The second-order valence-corrected chi connectivity index (χ2v) is 23.4. The van der Waals surface area contributed by atoms with Crippen LogP contribution in [0, 0.1) is 0 Å². The molecule has 0 fully saturated rings. The molecule has 0 N–H and O–H groups in total. The minimum absolute atomic E-state index is 0.0326. The molecule has 8 rings (SSSR count). The normalized spacial score (nSPS) is 14.1. The van der Waals surface area contributed by atoms with Crippen LogP contribution in [0.2, 0.25) is 12.1 Å². The lowest BCUT2D eigenvalue weighted by atomic mass is 9.70. The molecule has 0 saturated carbocycles. The fraction of sp³-hybridized carbons (Fsp3) is 0.410. The van der Waals surface area contributed by atoms with Gasteiger partial charge in [0.1, 0.15) is 8.07 Å². The Kier molecular flexibility index (Phi) is 14.8. The van der Waals surface area contributed by atoms with E-state index in [1.54, 1.807) is 21.5 Å². The Labute approximate surface area is 377 Å². The van der Waals surface area contributed by atoms with Gasteiger partial charge in [-0.3, -0.25) is 0 Å². The van der Waals surface area contributed by atoms with E-state index in [1.807, 2.05) is 0 Å². The number of fused-ring (bicyclic) bond motifs is 6. The quantitative estimate of drug-likeness (QED) is 0.0446. The van der Waals surface area contributed by atoms with Crippen LogP contribution in [-0.4, -0.2) is 8.07 Å². The summed E-state index contributed by atoms with van der Waals surface area (Å²) in [5.41, 5.74) is 17.5. The number of hydrogen-bond acceptors (Lipinski definition) is 0. The van der Waals surface area contributed by atoms with Crippen LogP contribution in [0.3, 0.4) is 0 Å². The number of rotatable bonds is 23. The molecule has 1 heterocycles. The molecule has 1 aliphatic heterocycles. The molecular formula is C61H74Si. The van der Waals surface area contributed by atoms with E-state index >= 15 is 0 Å². The highest BCUT2D eigenvalue weighted by molar-refractivity contribution is 7.05. The van der Waals surface area contributed by atoms with Gasteiger partial charge in [-0.1, -0.05) is 252 Å². The van der Waals surface area contributed by atoms with Crippen LogP contribution in [0.25, 0.3) is 55.6 Å². The van der Waals surface area contributed by atoms with Gasteiger partial charge in [0.25, 0.3) is 0 Å². The van der Waals surface area contributed by atoms with Gasteiger partial charge in [0.15, 0.2) is 0 Å². The molecule has 1 aliphatic carbocycles. The summed E-state index contributed by atoms with van der Waals surface area (Å²) in [6, 6.07) is 55.5. The van der Waals surface area contributed by atoms with Crippen molar-refractivity contribution >= 4 is 18.4 Å². The molecule has 6 aromatic carbocycles. The standard InChI is InChI=1S/C61H74Si/c1-5-9-13-23-39-61(40-24-14-10-6-2)57-43-49(47-27-19-17-20-28-47)31-35-53(57)54-36-32-50(44-58(54)61)52-34-38-56-55-37-33-51(48-29-21-18-22-30-48)45-59(55)62(60(56)46-52,41-25-15-11-7-3)42-26-16-12-8-4/h17-22,27-38,43-46H,5-16,23-26,39-42H2,1-4H3. The lowest BCUT2D eigenvalue weighted by molar-refractivity contribution is 0.401. The molecule has 0 amide bonds. The summed E-state index contributed by atoms with van der Waals surface area (Å²) < 4.78 is 0. The molecule has 0 bridgehead atoms. The third-order valence-corrected chi connectivity index (χ3v) is 20.4. The monoisotopic (exact) mass is 835 g/mol. The third kappa shape index (κ3) is 8.99. The van der Waals surface area contributed by atoms with E-state index < -0.39 is 8.07 Å². The Morgan fingerprint density at radius 3 is 1.10 bits per heavy atom. The molecule has 6 aromatic rings. The summed E-state index contributed by atoms with van der Waals surface area (Å²) in [6.07, 6.45) is 23.5. The van der Waals surface area contributed by atoms with Crippen LogP contribution < -0.4 is 10.4 Å². The Balaban J connectivity index is 1.26. The first-order valence-electron chi connectivity index (χ1n) is 25.3. The SMILES string of the molecule is CCCCCCC1(CCCCCC)c2cc(-c3ccccc3)ccc2-c2ccc(-c3ccc4c(c3)[Si](CCCCCC)(CCCCCC)c3cc(-c5ccccc5)ccc3-4)cc21. The molecule has 322 valence electrons. The maximum Gasteiger partial charge on any atom is 0.119 e. The van der Waals surface area contributed by atoms with E-state index in [4.69, 9.17) is 0 Å². The van der Waals surface area contributed by atoms with Crippen LogP contribution in [0.4, 0.5) is 0 Å². The topological polar surface area (TPSA) is 0 Å². The van der Waals surface area contributed by atoms with Gasteiger partial charge in [-0.15, -0.1) is 0 Å². The number of benzene rings is 6. The second-order valence-electron chi connectivity index (χ2n) is 19.2. The maximum absolute atomic E-state index is 2.74. The van der Waals surface area contributed by atoms with Crippen molar-refractivity contribution in [1.29, 1.82) is 0 Å². The predicted molar refractivity (Wildman–Crippen MR) is 275 cm³/mol.